The molecule has 0 amide bonds. The minimum absolute atomic E-state index is 0.785. The lowest BCUT2D eigenvalue weighted by molar-refractivity contribution is 1.68. The molecular weight excluding hydrogens is 129 g/mol. The first-order valence-corrected chi connectivity index (χ1v) is 4.41. The molecule has 0 saturated heterocycles. The van der Waals surface area contributed by atoms with Crippen LogP contribution in [-0.4, -0.2) is 6.66 Å². The Morgan fingerprint density at radius 3 is 2.44 bits per heavy atom. The van der Waals surface area contributed by atoms with Crippen LogP contribution < -0.4 is 5.09 Å². The van der Waals surface area contributed by atoms with E-state index in [1.54, 1.807) is 0 Å². The maximum atomic E-state index is 3.24. The normalized spacial score (nSPS) is 10.3. The zero-order valence-corrected chi connectivity index (χ0v) is 6.39. The first kappa shape index (κ1) is 6.57. The van der Waals surface area contributed by atoms with E-state index in [0.717, 1.165) is 8.73 Å². The van der Waals surface area contributed by atoms with Crippen molar-refractivity contribution in [2.75, 3.05) is 11.8 Å². The van der Waals surface area contributed by atoms with Gasteiger partial charge in [-0.1, -0.05) is 18.2 Å². The molecule has 0 radical (unpaired) electrons. The summed E-state index contributed by atoms with van der Waals surface area (Å²) in [4.78, 5) is 0. The molecule has 0 aliphatic rings. The molecule has 1 unspecified atom stereocenters. The average molecular weight is 139 g/mol. The standard InChI is InChI=1S/C7H10NP/c1-9-8-7-5-3-2-4-6-7/h2-6,8-9H,1H3. The fourth-order valence-corrected chi connectivity index (χ4v) is 1.12. The van der Waals surface area contributed by atoms with Crippen molar-refractivity contribution >= 4 is 14.4 Å². The highest BCUT2D eigenvalue weighted by Gasteiger charge is 1.81. The molecule has 0 heterocycles. The summed E-state index contributed by atoms with van der Waals surface area (Å²) in [5.74, 6) is 0. The largest absolute Gasteiger partial charge is 0.367 e. The minimum Gasteiger partial charge on any atom is -0.367 e. The van der Waals surface area contributed by atoms with Crippen molar-refractivity contribution in [1.82, 2.24) is 0 Å². The third-order valence-electron chi connectivity index (χ3n) is 1.04. The molecule has 48 valence electrons. The van der Waals surface area contributed by atoms with E-state index in [1.807, 2.05) is 18.2 Å². The van der Waals surface area contributed by atoms with Gasteiger partial charge in [0.25, 0.3) is 0 Å². The second-order valence-electron chi connectivity index (χ2n) is 1.74. The molecule has 1 nitrogen and oxygen atoms in total. The zero-order valence-electron chi connectivity index (χ0n) is 5.39. The molecule has 0 aliphatic carbocycles. The summed E-state index contributed by atoms with van der Waals surface area (Å²) in [6.45, 7) is 2.12. The summed E-state index contributed by atoms with van der Waals surface area (Å²) < 4.78 is 0. The monoisotopic (exact) mass is 139 g/mol. The van der Waals surface area contributed by atoms with Gasteiger partial charge in [0.2, 0.25) is 0 Å². The van der Waals surface area contributed by atoms with Crippen LogP contribution in [-0.2, 0) is 0 Å². The number of anilines is 1. The smallest absolute Gasteiger partial charge is 0.0370 e. The number of benzene rings is 1. The minimum atomic E-state index is 0.785. The van der Waals surface area contributed by atoms with Gasteiger partial charge in [0.1, 0.15) is 0 Å². The van der Waals surface area contributed by atoms with Gasteiger partial charge < -0.3 is 5.09 Å². The summed E-state index contributed by atoms with van der Waals surface area (Å²) in [6, 6.07) is 10.2. The van der Waals surface area contributed by atoms with E-state index in [4.69, 9.17) is 0 Å². The van der Waals surface area contributed by atoms with Gasteiger partial charge in [-0.2, -0.15) is 0 Å². The van der Waals surface area contributed by atoms with Gasteiger partial charge in [-0.15, -0.1) is 0 Å². The fourth-order valence-electron chi connectivity index (χ4n) is 0.666. The van der Waals surface area contributed by atoms with Gasteiger partial charge >= 0.3 is 0 Å². The Hall–Kier alpha value is -0.550. The molecule has 0 aromatic heterocycles. The molecule has 0 aliphatic heterocycles. The predicted molar refractivity (Wildman–Crippen MR) is 44.3 cm³/mol. The molecule has 9 heavy (non-hydrogen) atoms. The van der Waals surface area contributed by atoms with E-state index in [9.17, 15) is 0 Å². The summed E-state index contributed by atoms with van der Waals surface area (Å²) in [5, 5.41) is 3.24. The molecule has 0 bridgehead atoms. The number of nitrogens with one attached hydrogen (secondary N) is 1. The average Bonchev–Trinajstić information content (AvgIpc) is 1.91. The van der Waals surface area contributed by atoms with Crippen LogP contribution >= 0.6 is 8.73 Å². The highest BCUT2D eigenvalue weighted by Crippen LogP contribution is 2.11. The molecule has 1 atom stereocenters. The Bertz CT molecular complexity index is 162. The third-order valence-corrected chi connectivity index (χ3v) is 1.58. The highest BCUT2D eigenvalue weighted by atomic mass is 31.1. The number of rotatable bonds is 2. The van der Waals surface area contributed by atoms with E-state index >= 15 is 0 Å². The SMILES string of the molecule is CPNc1ccccc1. The van der Waals surface area contributed by atoms with Crippen LogP contribution in [0.1, 0.15) is 0 Å². The van der Waals surface area contributed by atoms with Crippen molar-refractivity contribution in [1.29, 1.82) is 0 Å². The molecule has 0 saturated carbocycles. The van der Waals surface area contributed by atoms with Crippen LogP contribution in [0.2, 0.25) is 0 Å². The summed E-state index contributed by atoms with van der Waals surface area (Å²) in [7, 11) is 0.785. The van der Waals surface area contributed by atoms with Gasteiger partial charge in [0.05, 0.1) is 0 Å². The fraction of sp³-hybridized carbons (Fsp3) is 0.143. The zero-order chi connectivity index (χ0) is 6.53. The lowest BCUT2D eigenvalue weighted by Crippen LogP contribution is -1.78. The topological polar surface area (TPSA) is 12.0 Å². The van der Waals surface area contributed by atoms with Crippen molar-refractivity contribution in [2.24, 2.45) is 0 Å². The van der Waals surface area contributed by atoms with Crippen molar-refractivity contribution in [3.63, 3.8) is 0 Å². The van der Waals surface area contributed by atoms with Crippen molar-refractivity contribution in [3.05, 3.63) is 30.3 Å². The molecule has 2 heteroatoms. The molecule has 0 spiro atoms. The van der Waals surface area contributed by atoms with Crippen molar-refractivity contribution in [2.45, 2.75) is 0 Å². The Kier molecular flexibility index (Phi) is 2.53. The third kappa shape index (κ3) is 2.03. The van der Waals surface area contributed by atoms with Crippen LogP contribution in [0, 0.1) is 0 Å². The Balaban J connectivity index is 2.61. The number of para-hydroxylation sites is 1. The maximum Gasteiger partial charge on any atom is 0.0370 e. The van der Waals surface area contributed by atoms with Crippen LogP contribution in [0.5, 0.6) is 0 Å². The van der Waals surface area contributed by atoms with Gasteiger partial charge in [-0.3, -0.25) is 0 Å². The summed E-state index contributed by atoms with van der Waals surface area (Å²) in [6.07, 6.45) is 0. The Morgan fingerprint density at radius 1 is 1.22 bits per heavy atom. The highest BCUT2D eigenvalue weighted by molar-refractivity contribution is 7.38. The van der Waals surface area contributed by atoms with Gasteiger partial charge in [-0.25, -0.2) is 0 Å². The van der Waals surface area contributed by atoms with Gasteiger partial charge in [0, 0.05) is 5.69 Å². The van der Waals surface area contributed by atoms with E-state index < -0.39 is 0 Å². The molecular formula is C7H10NP. The van der Waals surface area contributed by atoms with E-state index in [-0.39, 0.29) is 0 Å². The molecule has 0 fully saturated rings. The molecule has 1 aromatic rings. The van der Waals surface area contributed by atoms with E-state index in [1.165, 1.54) is 5.69 Å². The predicted octanol–water partition coefficient (Wildman–Crippen LogP) is 2.32. The van der Waals surface area contributed by atoms with Gasteiger partial charge in [-0.05, 0) is 27.5 Å². The molecule has 1 N–H and O–H groups in total. The van der Waals surface area contributed by atoms with E-state index in [2.05, 4.69) is 23.9 Å². The van der Waals surface area contributed by atoms with Crippen LogP contribution in [0.3, 0.4) is 0 Å². The lowest BCUT2D eigenvalue weighted by atomic mass is 10.3. The van der Waals surface area contributed by atoms with Crippen LogP contribution in [0.4, 0.5) is 5.69 Å². The maximum absolute atomic E-state index is 3.24. The first-order chi connectivity index (χ1) is 4.43. The van der Waals surface area contributed by atoms with Crippen LogP contribution in [0.15, 0.2) is 30.3 Å². The van der Waals surface area contributed by atoms with Crippen molar-refractivity contribution in [3.8, 4) is 0 Å². The first-order valence-electron chi connectivity index (χ1n) is 2.91. The summed E-state index contributed by atoms with van der Waals surface area (Å²) in [5.41, 5.74) is 1.21. The Labute approximate surface area is 57.3 Å². The number of hydrogen-bond donors (Lipinski definition) is 1. The number of hydrogen-bond acceptors (Lipinski definition) is 1. The van der Waals surface area contributed by atoms with Crippen LogP contribution in [0.25, 0.3) is 0 Å². The second kappa shape index (κ2) is 3.47. The molecule has 1 rings (SSSR count). The second-order valence-corrected chi connectivity index (χ2v) is 2.49. The molecule has 1 aromatic carbocycles. The van der Waals surface area contributed by atoms with Gasteiger partial charge in [0.15, 0.2) is 0 Å². The van der Waals surface area contributed by atoms with Crippen molar-refractivity contribution < 1.29 is 0 Å². The quantitative estimate of drug-likeness (QED) is 0.620. The van der Waals surface area contributed by atoms with E-state index in [0.29, 0.717) is 0 Å². The lowest BCUT2D eigenvalue weighted by Gasteiger charge is -1.99. The Morgan fingerprint density at radius 2 is 1.89 bits per heavy atom. The summed E-state index contributed by atoms with van der Waals surface area (Å²) >= 11 is 0.